The summed E-state index contributed by atoms with van der Waals surface area (Å²) in [5, 5.41) is 2.76. The Morgan fingerprint density at radius 3 is 2.52 bits per heavy atom. The summed E-state index contributed by atoms with van der Waals surface area (Å²) in [4.78, 5) is 28.2. The molecule has 1 N–H and O–H groups in total. The van der Waals surface area contributed by atoms with E-state index in [1.54, 1.807) is 17.0 Å². The number of carbonyl (C=O) groups excluding carboxylic acids is 2. The quantitative estimate of drug-likeness (QED) is 0.694. The number of halogens is 1. The molecule has 2 aromatic rings. The first-order chi connectivity index (χ1) is 12.8. The number of furan rings is 1. The third-order valence-electron chi connectivity index (χ3n) is 3.93. The van der Waals surface area contributed by atoms with E-state index in [1.807, 2.05) is 37.2 Å². The zero-order chi connectivity index (χ0) is 20.0. The molecule has 0 bridgehead atoms. The highest BCUT2D eigenvalue weighted by molar-refractivity contribution is 6.29. The zero-order valence-electron chi connectivity index (χ0n) is 16.2. The predicted molar refractivity (Wildman–Crippen MR) is 108 cm³/mol. The van der Waals surface area contributed by atoms with E-state index >= 15 is 0 Å². The fraction of sp³-hybridized carbons (Fsp3) is 0.400. The van der Waals surface area contributed by atoms with E-state index < -0.39 is 0 Å². The fourth-order valence-electron chi connectivity index (χ4n) is 2.84. The summed E-state index contributed by atoms with van der Waals surface area (Å²) >= 11 is 5.58. The lowest BCUT2D eigenvalue weighted by Crippen LogP contribution is -2.34. The monoisotopic (exact) mass is 391 g/mol. The first kappa shape index (κ1) is 20.8. The molecular formula is C20H26ClN3O3. The van der Waals surface area contributed by atoms with Gasteiger partial charge in [-0.25, -0.2) is 0 Å². The van der Waals surface area contributed by atoms with E-state index in [2.05, 4.69) is 19.2 Å². The Morgan fingerprint density at radius 2 is 1.96 bits per heavy atom. The average Bonchev–Trinajstić information content (AvgIpc) is 3.14. The van der Waals surface area contributed by atoms with Crippen LogP contribution in [0.4, 0.5) is 11.4 Å². The first-order valence-electron chi connectivity index (χ1n) is 8.80. The van der Waals surface area contributed by atoms with Crippen LogP contribution in [0.15, 0.2) is 41.0 Å². The third-order valence-corrected chi connectivity index (χ3v) is 4.18. The van der Waals surface area contributed by atoms with Crippen molar-refractivity contribution in [2.45, 2.75) is 20.4 Å². The number of alkyl halides is 1. The summed E-state index contributed by atoms with van der Waals surface area (Å²) in [6, 6.07) is 8.99. The van der Waals surface area contributed by atoms with Crippen molar-refractivity contribution < 1.29 is 14.0 Å². The van der Waals surface area contributed by atoms with Gasteiger partial charge in [0, 0.05) is 38.6 Å². The summed E-state index contributed by atoms with van der Waals surface area (Å²) in [7, 11) is 3.88. The Balaban J connectivity index is 2.34. The van der Waals surface area contributed by atoms with Gasteiger partial charge in [0.15, 0.2) is 5.76 Å². The van der Waals surface area contributed by atoms with Crippen LogP contribution in [0.5, 0.6) is 0 Å². The van der Waals surface area contributed by atoms with Gasteiger partial charge < -0.3 is 19.5 Å². The number of anilines is 2. The molecular weight excluding hydrogens is 366 g/mol. The second kappa shape index (κ2) is 9.46. The number of carbonyl (C=O) groups is 2. The highest BCUT2D eigenvalue weighted by atomic mass is 35.5. The van der Waals surface area contributed by atoms with Crippen LogP contribution in [0.25, 0.3) is 0 Å². The van der Waals surface area contributed by atoms with Crippen molar-refractivity contribution in [1.82, 2.24) is 4.90 Å². The molecule has 1 heterocycles. The second-order valence-corrected chi connectivity index (χ2v) is 7.24. The molecule has 0 unspecified atom stereocenters. The van der Waals surface area contributed by atoms with Crippen molar-refractivity contribution in [3.8, 4) is 0 Å². The highest BCUT2D eigenvalue weighted by Crippen LogP contribution is 2.25. The largest absolute Gasteiger partial charge is 0.459 e. The minimum absolute atomic E-state index is 0.110. The number of hydrogen-bond donors (Lipinski definition) is 1. The van der Waals surface area contributed by atoms with Crippen molar-refractivity contribution in [3.05, 3.63) is 47.9 Å². The van der Waals surface area contributed by atoms with E-state index in [-0.39, 0.29) is 17.7 Å². The van der Waals surface area contributed by atoms with Crippen LogP contribution < -0.4 is 10.2 Å². The topological polar surface area (TPSA) is 65.8 Å². The second-order valence-electron chi connectivity index (χ2n) is 6.98. The first-order valence-corrected chi connectivity index (χ1v) is 9.34. The maximum atomic E-state index is 12.9. The van der Waals surface area contributed by atoms with Crippen LogP contribution >= 0.6 is 11.6 Å². The lowest BCUT2D eigenvalue weighted by Gasteiger charge is -2.27. The van der Waals surface area contributed by atoms with Crippen LogP contribution in [0.2, 0.25) is 0 Å². The smallest absolute Gasteiger partial charge is 0.289 e. The molecule has 6 nitrogen and oxygen atoms in total. The molecule has 2 rings (SSSR count). The van der Waals surface area contributed by atoms with Gasteiger partial charge in [0.25, 0.3) is 5.91 Å². The number of hydrogen-bond acceptors (Lipinski definition) is 4. The van der Waals surface area contributed by atoms with Crippen molar-refractivity contribution in [2.24, 2.45) is 5.92 Å². The minimum Gasteiger partial charge on any atom is -0.459 e. The van der Waals surface area contributed by atoms with Crippen LogP contribution in [-0.4, -0.2) is 43.2 Å². The van der Waals surface area contributed by atoms with Gasteiger partial charge in [-0.1, -0.05) is 13.8 Å². The number of benzene rings is 1. The Morgan fingerprint density at radius 1 is 1.22 bits per heavy atom. The molecule has 1 aromatic carbocycles. The van der Waals surface area contributed by atoms with Gasteiger partial charge in [0.05, 0.1) is 6.26 Å². The predicted octanol–water partition coefficient (Wildman–Crippen LogP) is 3.82. The standard InChI is InChI=1S/C20H26ClN3O3/c1-14(2)12-24(20(26)18-6-5-9-27-18)13-15-10-16(22-19(25)11-21)7-8-17(15)23(3)4/h5-10,14H,11-13H2,1-4H3,(H,22,25). The molecule has 0 saturated heterocycles. The number of rotatable bonds is 8. The maximum Gasteiger partial charge on any atom is 0.289 e. The summed E-state index contributed by atoms with van der Waals surface area (Å²) in [5.74, 6) is 0.0698. The molecule has 0 aliphatic carbocycles. The normalized spacial score (nSPS) is 10.7. The molecule has 1 aromatic heterocycles. The molecule has 0 saturated carbocycles. The van der Waals surface area contributed by atoms with Crippen LogP contribution in [0.3, 0.4) is 0 Å². The number of amides is 2. The molecule has 0 aliphatic heterocycles. The summed E-state index contributed by atoms with van der Waals surface area (Å²) in [6.07, 6.45) is 1.49. The van der Waals surface area contributed by atoms with Gasteiger partial charge in [-0.3, -0.25) is 9.59 Å². The zero-order valence-corrected chi connectivity index (χ0v) is 16.9. The molecule has 0 fully saturated rings. The van der Waals surface area contributed by atoms with Crippen molar-refractivity contribution >= 4 is 34.8 Å². The van der Waals surface area contributed by atoms with Crippen molar-refractivity contribution in [2.75, 3.05) is 36.7 Å². The van der Waals surface area contributed by atoms with Crippen LogP contribution in [0.1, 0.15) is 30.0 Å². The SMILES string of the molecule is CC(C)CN(Cc1cc(NC(=O)CCl)ccc1N(C)C)C(=O)c1ccco1. The van der Waals surface area contributed by atoms with Crippen molar-refractivity contribution in [3.63, 3.8) is 0 Å². The fourth-order valence-corrected chi connectivity index (χ4v) is 2.91. The molecule has 2 amide bonds. The number of nitrogens with zero attached hydrogens (tertiary/aromatic N) is 2. The minimum atomic E-state index is -0.272. The van der Waals surface area contributed by atoms with E-state index in [9.17, 15) is 9.59 Å². The van der Waals surface area contributed by atoms with Gasteiger partial charge in [-0.15, -0.1) is 11.6 Å². The van der Waals surface area contributed by atoms with E-state index in [0.717, 1.165) is 11.3 Å². The van der Waals surface area contributed by atoms with Crippen LogP contribution in [-0.2, 0) is 11.3 Å². The Kier molecular flexibility index (Phi) is 7.30. The van der Waals surface area contributed by atoms with E-state index in [0.29, 0.717) is 30.5 Å². The maximum absolute atomic E-state index is 12.9. The van der Waals surface area contributed by atoms with Crippen LogP contribution in [0, 0.1) is 5.92 Å². The van der Waals surface area contributed by atoms with Gasteiger partial charge in [-0.2, -0.15) is 0 Å². The van der Waals surface area contributed by atoms with Gasteiger partial charge in [0.2, 0.25) is 5.91 Å². The Bertz CT molecular complexity index is 773. The average molecular weight is 392 g/mol. The molecule has 146 valence electrons. The third kappa shape index (κ3) is 5.76. The molecule has 0 radical (unpaired) electrons. The molecule has 0 aliphatic rings. The summed E-state index contributed by atoms with van der Waals surface area (Å²) < 4.78 is 5.29. The van der Waals surface area contributed by atoms with Gasteiger partial charge >= 0.3 is 0 Å². The Hall–Kier alpha value is -2.47. The van der Waals surface area contributed by atoms with Gasteiger partial charge in [-0.05, 0) is 41.8 Å². The molecule has 7 heteroatoms. The summed E-state index contributed by atoms with van der Waals surface area (Å²) in [6.45, 7) is 5.11. The summed E-state index contributed by atoms with van der Waals surface area (Å²) in [5.41, 5.74) is 2.55. The Labute approximate surface area is 165 Å². The van der Waals surface area contributed by atoms with E-state index in [1.165, 1.54) is 6.26 Å². The highest BCUT2D eigenvalue weighted by Gasteiger charge is 2.21. The lowest BCUT2D eigenvalue weighted by molar-refractivity contribution is -0.113. The molecule has 0 spiro atoms. The van der Waals surface area contributed by atoms with Gasteiger partial charge in [0.1, 0.15) is 5.88 Å². The van der Waals surface area contributed by atoms with Crippen molar-refractivity contribution in [1.29, 1.82) is 0 Å². The molecule has 27 heavy (non-hydrogen) atoms. The lowest BCUT2D eigenvalue weighted by atomic mass is 10.1. The van der Waals surface area contributed by atoms with E-state index in [4.69, 9.17) is 16.0 Å². The number of nitrogens with one attached hydrogen (secondary N) is 1. The molecule has 0 atom stereocenters.